The average Bonchev–Trinajstić information content (AvgIpc) is 3.05. The first-order chi connectivity index (χ1) is 15.2. The van der Waals surface area contributed by atoms with Crippen LogP contribution in [0, 0.1) is 28.6 Å². The van der Waals surface area contributed by atoms with Gasteiger partial charge in [-0.3, -0.25) is 0 Å². The molecule has 178 valence electrons. The Morgan fingerprint density at radius 2 is 1.88 bits per heavy atom. The van der Waals surface area contributed by atoms with Crippen LogP contribution in [0.4, 0.5) is 0 Å². The van der Waals surface area contributed by atoms with E-state index in [4.69, 9.17) is 4.42 Å². The molecule has 8 atom stereocenters. The first-order valence-corrected chi connectivity index (χ1v) is 12.8. The molecule has 2 N–H and O–H groups in total. The lowest BCUT2D eigenvalue weighted by Gasteiger charge is -2.64. The van der Waals surface area contributed by atoms with Crippen molar-refractivity contribution in [3.63, 3.8) is 0 Å². The van der Waals surface area contributed by atoms with E-state index in [1.807, 2.05) is 6.07 Å². The first kappa shape index (κ1) is 22.6. The smallest absolute Gasteiger partial charge is 0.335 e. The van der Waals surface area contributed by atoms with Gasteiger partial charge in [-0.25, -0.2) is 4.79 Å². The van der Waals surface area contributed by atoms with Gasteiger partial charge in [0.15, 0.2) is 0 Å². The third-order valence-electron chi connectivity index (χ3n) is 11.0. The molecule has 0 spiro atoms. The minimum atomic E-state index is -0.630. The van der Waals surface area contributed by atoms with Crippen molar-refractivity contribution in [2.24, 2.45) is 28.6 Å². The molecular weight excluding hydrogens is 402 g/mol. The van der Waals surface area contributed by atoms with E-state index in [0.717, 1.165) is 43.7 Å². The lowest BCUT2D eigenvalue weighted by Crippen LogP contribution is -2.62. The van der Waals surface area contributed by atoms with Crippen LogP contribution in [0.3, 0.4) is 0 Å². The number of hydrogen-bond donors (Lipinski definition) is 2. The van der Waals surface area contributed by atoms with Gasteiger partial charge in [-0.2, -0.15) is 0 Å². The number of rotatable bonds is 4. The summed E-state index contributed by atoms with van der Waals surface area (Å²) in [7, 11) is 2.16. The third kappa shape index (κ3) is 3.18. The highest BCUT2D eigenvalue weighted by Crippen LogP contribution is 2.70. The second kappa shape index (κ2) is 7.95. The van der Waals surface area contributed by atoms with Gasteiger partial charge >= 0.3 is 5.63 Å². The third-order valence-corrected chi connectivity index (χ3v) is 11.0. The Balaban J connectivity index is 1.39. The zero-order valence-electron chi connectivity index (χ0n) is 20.1. The lowest BCUT2D eigenvalue weighted by atomic mass is 9.43. The highest BCUT2D eigenvalue weighted by Gasteiger charge is 2.67. The fraction of sp³-hybridized carbons (Fsp3) is 0.815. The SMILES string of the molecule is CN(CCO)C1CC[C@@]2(C)[C@H](CC[C@@H]3[C@@H]2CC[C@]2(C)[C@@H](c4ccc(=O)oc4)CC[C@]32O)C1. The summed E-state index contributed by atoms with van der Waals surface area (Å²) in [5, 5.41) is 21.7. The fourth-order valence-corrected chi connectivity index (χ4v) is 9.04. The van der Waals surface area contributed by atoms with Gasteiger partial charge in [-0.1, -0.05) is 13.8 Å². The Hall–Kier alpha value is -1.17. The molecule has 0 saturated heterocycles. The number of aliphatic hydroxyl groups is 2. The number of fused-ring (bicyclic) bond motifs is 5. The molecule has 5 rings (SSSR count). The molecule has 0 radical (unpaired) electrons. The summed E-state index contributed by atoms with van der Waals surface area (Å²) in [6.45, 7) is 5.83. The Morgan fingerprint density at radius 3 is 2.59 bits per heavy atom. The second-order valence-electron chi connectivity index (χ2n) is 12.0. The van der Waals surface area contributed by atoms with Gasteiger partial charge in [0.1, 0.15) is 0 Å². The van der Waals surface area contributed by atoms with Crippen molar-refractivity contribution in [1.29, 1.82) is 0 Å². The average molecular weight is 444 g/mol. The minimum absolute atomic E-state index is 0.157. The number of aliphatic hydroxyl groups excluding tert-OH is 1. The van der Waals surface area contributed by atoms with E-state index >= 15 is 0 Å². The highest BCUT2D eigenvalue weighted by molar-refractivity contribution is 5.27. The summed E-state index contributed by atoms with van der Waals surface area (Å²) in [6.07, 6.45) is 11.7. The Morgan fingerprint density at radius 1 is 1.06 bits per heavy atom. The van der Waals surface area contributed by atoms with Crippen LogP contribution in [-0.4, -0.2) is 47.0 Å². The van der Waals surface area contributed by atoms with Crippen LogP contribution >= 0.6 is 0 Å². The Kier molecular flexibility index (Phi) is 5.62. The first-order valence-electron chi connectivity index (χ1n) is 12.8. The zero-order valence-corrected chi connectivity index (χ0v) is 20.1. The summed E-state index contributed by atoms with van der Waals surface area (Å²) < 4.78 is 5.21. The van der Waals surface area contributed by atoms with Gasteiger partial charge in [0.2, 0.25) is 0 Å². The number of hydrogen-bond acceptors (Lipinski definition) is 5. The molecule has 0 bridgehead atoms. The van der Waals surface area contributed by atoms with Crippen molar-refractivity contribution in [2.45, 2.75) is 89.2 Å². The van der Waals surface area contributed by atoms with E-state index in [1.165, 1.54) is 38.2 Å². The quantitative estimate of drug-likeness (QED) is 0.730. The van der Waals surface area contributed by atoms with Gasteiger partial charge < -0.3 is 19.5 Å². The van der Waals surface area contributed by atoms with Crippen LogP contribution in [0.1, 0.15) is 83.1 Å². The predicted molar refractivity (Wildman–Crippen MR) is 124 cm³/mol. The topological polar surface area (TPSA) is 73.9 Å². The Bertz CT molecular complexity index is 879. The fourth-order valence-electron chi connectivity index (χ4n) is 9.04. The molecular formula is C27H41NO4. The van der Waals surface area contributed by atoms with E-state index in [0.29, 0.717) is 23.3 Å². The predicted octanol–water partition coefficient (Wildman–Crippen LogP) is 4.17. The Labute approximate surface area is 192 Å². The van der Waals surface area contributed by atoms with E-state index in [9.17, 15) is 15.0 Å². The zero-order chi connectivity index (χ0) is 22.7. The monoisotopic (exact) mass is 443 g/mol. The molecule has 1 heterocycles. The maximum Gasteiger partial charge on any atom is 0.335 e. The van der Waals surface area contributed by atoms with Crippen LogP contribution in [0.25, 0.3) is 0 Å². The molecule has 5 heteroatoms. The highest BCUT2D eigenvalue weighted by atomic mass is 16.4. The maximum absolute atomic E-state index is 12.3. The van der Waals surface area contributed by atoms with Crippen molar-refractivity contribution in [2.75, 3.05) is 20.2 Å². The summed E-state index contributed by atoms with van der Waals surface area (Å²) in [5.41, 5.74) is 0.301. The standard InChI is InChI=1S/C27H41NO4/c1-25-11-8-20(28(3)14-15-29)16-19(25)5-6-23-22(25)9-12-26(2)21(10-13-27(23,26)31)18-4-7-24(30)32-17-18/h4,7,17,19-23,29,31H,5-6,8-16H2,1-3H3/t19-,20?,21-,22+,23-,25+,26-,27+/m1/s1. The molecule has 0 aliphatic heterocycles. The van der Waals surface area contributed by atoms with E-state index in [-0.39, 0.29) is 23.6 Å². The maximum atomic E-state index is 12.3. The van der Waals surface area contributed by atoms with Gasteiger partial charge in [0.05, 0.1) is 18.5 Å². The van der Waals surface area contributed by atoms with Crippen LogP contribution in [0.2, 0.25) is 0 Å². The van der Waals surface area contributed by atoms with Crippen LogP contribution in [0.5, 0.6) is 0 Å². The van der Waals surface area contributed by atoms with Gasteiger partial charge in [0.25, 0.3) is 0 Å². The number of likely N-dealkylation sites (N-methyl/N-ethyl adjacent to an activating group) is 1. The molecule has 1 aromatic rings. The van der Waals surface area contributed by atoms with Crippen molar-refractivity contribution < 1.29 is 14.6 Å². The summed E-state index contributed by atoms with van der Waals surface area (Å²) in [4.78, 5) is 13.8. The largest absolute Gasteiger partial charge is 0.431 e. The van der Waals surface area contributed by atoms with Gasteiger partial charge in [-0.05, 0) is 106 Å². The molecule has 1 unspecified atom stereocenters. The van der Waals surface area contributed by atoms with E-state index in [1.54, 1.807) is 6.26 Å². The van der Waals surface area contributed by atoms with E-state index in [2.05, 4.69) is 25.8 Å². The van der Waals surface area contributed by atoms with Crippen LogP contribution < -0.4 is 5.63 Å². The lowest BCUT2D eigenvalue weighted by molar-refractivity contribution is -0.203. The molecule has 0 aromatic carbocycles. The van der Waals surface area contributed by atoms with Crippen molar-refractivity contribution >= 4 is 0 Å². The van der Waals surface area contributed by atoms with Gasteiger partial charge in [0, 0.05) is 24.1 Å². The van der Waals surface area contributed by atoms with Gasteiger partial charge in [-0.15, -0.1) is 0 Å². The normalized spacial score (nSPS) is 45.9. The molecule has 4 aliphatic rings. The summed E-state index contributed by atoms with van der Waals surface area (Å²) >= 11 is 0. The molecule has 32 heavy (non-hydrogen) atoms. The molecule has 1 aromatic heterocycles. The van der Waals surface area contributed by atoms with Crippen molar-refractivity contribution in [1.82, 2.24) is 4.90 Å². The summed E-state index contributed by atoms with van der Waals surface area (Å²) in [5.74, 6) is 1.94. The van der Waals surface area contributed by atoms with E-state index < -0.39 is 5.60 Å². The molecule has 5 nitrogen and oxygen atoms in total. The van der Waals surface area contributed by atoms with Crippen LogP contribution in [0.15, 0.2) is 27.6 Å². The second-order valence-corrected chi connectivity index (χ2v) is 12.0. The van der Waals surface area contributed by atoms with Crippen LogP contribution in [-0.2, 0) is 0 Å². The van der Waals surface area contributed by atoms with Crippen molar-refractivity contribution in [3.05, 3.63) is 34.4 Å². The minimum Gasteiger partial charge on any atom is -0.431 e. The molecule has 0 amide bonds. The molecule has 4 aliphatic carbocycles. The molecule has 4 saturated carbocycles. The molecule has 4 fully saturated rings. The summed E-state index contributed by atoms with van der Waals surface area (Å²) in [6, 6.07) is 4.03. The van der Waals surface area contributed by atoms with Crippen molar-refractivity contribution in [3.8, 4) is 0 Å². The number of nitrogens with zero attached hydrogens (tertiary/aromatic N) is 1.